The number of hydrogen-bond donors (Lipinski definition) is 1. The maximum absolute atomic E-state index is 12.6. The molecular formula is C13H16O5. The van der Waals surface area contributed by atoms with E-state index in [1.165, 1.54) is 14.2 Å². The number of hydrogen-bond acceptors (Lipinski definition) is 5. The Bertz CT molecular complexity index is 480. The fourth-order valence-corrected chi connectivity index (χ4v) is 3.64. The molecule has 0 aromatic heterocycles. The third-order valence-corrected chi connectivity index (χ3v) is 4.40. The van der Waals surface area contributed by atoms with Crippen LogP contribution in [0, 0.1) is 5.92 Å². The lowest BCUT2D eigenvalue weighted by Gasteiger charge is -2.34. The first-order valence-corrected chi connectivity index (χ1v) is 5.96. The minimum Gasteiger partial charge on any atom is -0.494 e. The summed E-state index contributed by atoms with van der Waals surface area (Å²) in [6.07, 6.45) is 1.31. The zero-order valence-electron chi connectivity index (χ0n) is 10.5. The first kappa shape index (κ1) is 11.7. The second kappa shape index (κ2) is 3.36. The maximum Gasteiger partial charge on any atom is 0.236 e. The van der Waals surface area contributed by atoms with Gasteiger partial charge >= 0.3 is 0 Å². The van der Waals surface area contributed by atoms with E-state index in [4.69, 9.17) is 14.2 Å². The van der Waals surface area contributed by atoms with Crippen molar-refractivity contribution in [1.82, 2.24) is 0 Å². The van der Waals surface area contributed by atoms with Gasteiger partial charge in [0.1, 0.15) is 0 Å². The number of ketones is 1. The van der Waals surface area contributed by atoms with E-state index in [1.807, 2.05) is 0 Å². The Balaban J connectivity index is 2.26. The second-order valence-electron chi connectivity index (χ2n) is 4.98. The van der Waals surface area contributed by atoms with Crippen LogP contribution in [0.4, 0.5) is 0 Å². The van der Waals surface area contributed by atoms with E-state index in [0.29, 0.717) is 18.6 Å². The lowest BCUT2D eigenvalue weighted by Crippen LogP contribution is -2.55. The molecule has 1 N–H and O–H groups in total. The summed E-state index contributed by atoms with van der Waals surface area (Å²) in [6, 6.07) is 0. The molecule has 0 amide bonds. The standard InChI is InChI=1S/C13H16O5/c1-7-6-8-4-5-18-13(8)10(14)9(16-2)11(17-3)12(7,13)15/h8,15H,1,4-6H2,2-3H3/t8-,12-,13+/m0/s1. The molecule has 1 saturated carbocycles. The first-order valence-electron chi connectivity index (χ1n) is 5.96. The number of carbonyl (C=O) groups excluding carboxylic acids is 1. The van der Waals surface area contributed by atoms with Crippen LogP contribution in [0.1, 0.15) is 12.8 Å². The molecule has 3 rings (SSSR count). The van der Waals surface area contributed by atoms with Crippen LogP contribution in [0.15, 0.2) is 23.7 Å². The molecule has 0 aromatic rings. The molecule has 98 valence electrons. The van der Waals surface area contributed by atoms with E-state index in [0.717, 1.165) is 6.42 Å². The number of ether oxygens (including phenoxy) is 3. The summed E-state index contributed by atoms with van der Waals surface area (Å²) >= 11 is 0. The number of aliphatic hydroxyl groups is 1. The smallest absolute Gasteiger partial charge is 0.236 e. The van der Waals surface area contributed by atoms with E-state index < -0.39 is 11.2 Å². The Morgan fingerprint density at radius 2 is 2.17 bits per heavy atom. The van der Waals surface area contributed by atoms with Gasteiger partial charge in [-0.05, 0) is 18.4 Å². The Hall–Kier alpha value is -1.33. The molecule has 0 aromatic carbocycles. The molecule has 1 saturated heterocycles. The predicted molar refractivity (Wildman–Crippen MR) is 61.5 cm³/mol. The largest absolute Gasteiger partial charge is 0.494 e. The van der Waals surface area contributed by atoms with Crippen molar-refractivity contribution in [1.29, 1.82) is 0 Å². The minimum atomic E-state index is -1.58. The van der Waals surface area contributed by atoms with E-state index in [1.54, 1.807) is 0 Å². The van der Waals surface area contributed by atoms with Crippen LogP contribution in [0.3, 0.4) is 0 Å². The van der Waals surface area contributed by atoms with Gasteiger partial charge in [0.25, 0.3) is 0 Å². The lowest BCUT2D eigenvalue weighted by atomic mass is 9.81. The first-order chi connectivity index (χ1) is 8.54. The molecule has 0 unspecified atom stereocenters. The molecule has 1 aliphatic heterocycles. The summed E-state index contributed by atoms with van der Waals surface area (Å²) in [6.45, 7) is 4.35. The Morgan fingerprint density at radius 1 is 1.44 bits per heavy atom. The van der Waals surface area contributed by atoms with E-state index in [-0.39, 0.29) is 23.2 Å². The van der Waals surface area contributed by atoms with Gasteiger partial charge in [-0.2, -0.15) is 0 Å². The molecule has 0 bridgehead atoms. The third-order valence-electron chi connectivity index (χ3n) is 4.40. The van der Waals surface area contributed by atoms with Gasteiger partial charge in [-0.1, -0.05) is 6.58 Å². The topological polar surface area (TPSA) is 65.0 Å². The van der Waals surface area contributed by atoms with Gasteiger partial charge in [0.15, 0.2) is 17.0 Å². The van der Waals surface area contributed by atoms with Crippen molar-refractivity contribution in [2.75, 3.05) is 20.8 Å². The van der Waals surface area contributed by atoms with Crippen molar-refractivity contribution in [3.8, 4) is 0 Å². The average Bonchev–Trinajstić information content (AvgIpc) is 2.91. The van der Waals surface area contributed by atoms with E-state index in [9.17, 15) is 9.90 Å². The summed E-state index contributed by atoms with van der Waals surface area (Å²) in [7, 11) is 2.80. The van der Waals surface area contributed by atoms with Crippen LogP contribution in [0.25, 0.3) is 0 Å². The fourth-order valence-electron chi connectivity index (χ4n) is 3.64. The number of carbonyl (C=O) groups is 1. The van der Waals surface area contributed by atoms with Crippen LogP contribution in [-0.4, -0.2) is 42.9 Å². The second-order valence-corrected chi connectivity index (χ2v) is 4.98. The van der Waals surface area contributed by atoms with Crippen molar-refractivity contribution in [2.24, 2.45) is 5.92 Å². The zero-order chi connectivity index (χ0) is 13.1. The SMILES string of the molecule is C=C1C[C@@H]2CCO[C@@]23C(=O)C(OC)=C(OC)[C@@]13O. The Kier molecular flexibility index (Phi) is 2.19. The zero-order valence-corrected chi connectivity index (χ0v) is 10.5. The Morgan fingerprint density at radius 3 is 2.78 bits per heavy atom. The molecule has 5 nitrogen and oxygen atoms in total. The number of Topliss-reactive ketones (excluding diaryl/α,β-unsaturated/α-hetero) is 1. The predicted octanol–water partition coefficient (Wildman–Crippen LogP) is 0.540. The lowest BCUT2D eigenvalue weighted by molar-refractivity contribution is -0.157. The molecule has 2 fully saturated rings. The summed E-state index contributed by atoms with van der Waals surface area (Å²) < 4.78 is 16.0. The van der Waals surface area contributed by atoms with Gasteiger partial charge in [0, 0.05) is 12.5 Å². The van der Waals surface area contributed by atoms with Crippen LogP contribution in [0.5, 0.6) is 0 Å². The molecule has 1 heterocycles. The van der Waals surface area contributed by atoms with Gasteiger partial charge in [-0.15, -0.1) is 0 Å². The molecule has 1 spiro atoms. The average molecular weight is 252 g/mol. The number of methoxy groups -OCH3 is 2. The highest BCUT2D eigenvalue weighted by Crippen LogP contribution is 2.61. The highest BCUT2D eigenvalue weighted by Gasteiger charge is 2.76. The molecule has 3 atom stereocenters. The quantitative estimate of drug-likeness (QED) is 0.727. The van der Waals surface area contributed by atoms with Crippen molar-refractivity contribution >= 4 is 5.78 Å². The van der Waals surface area contributed by atoms with Gasteiger partial charge in [-0.3, -0.25) is 4.79 Å². The van der Waals surface area contributed by atoms with Crippen LogP contribution in [0.2, 0.25) is 0 Å². The summed E-state index contributed by atoms with van der Waals surface area (Å²) in [5, 5.41) is 11.0. The van der Waals surface area contributed by atoms with E-state index >= 15 is 0 Å². The molecular weight excluding hydrogens is 236 g/mol. The molecule has 2 aliphatic carbocycles. The maximum atomic E-state index is 12.6. The van der Waals surface area contributed by atoms with Crippen LogP contribution >= 0.6 is 0 Å². The van der Waals surface area contributed by atoms with Gasteiger partial charge in [0.05, 0.1) is 14.2 Å². The van der Waals surface area contributed by atoms with Gasteiger partial charge in [-0.25, -0.2) is 0 Å². The molecule has 0 radical (unpaired) electrons. The van der Waals surface area contributed by atoms with Crippen LogP contribution in [-0.2, 0) is 19.0 Å². The highest BCUT2D eigenvalue weighted by atomic mass is 16.6. The number of rotatable bonds is 2. The molecule has 3 aliphatic rings. The Labute approximate surface area is 105 Å². The van der Waals surface area contributed by atoms with Gasteiger partial charge < -0.3 is 19.3 Å². The van der Waals surface area contributed by atoms with Gasteiger partial charge in [0.2, 0.25) is 11.5 Å². The fraction of sp³-hybridized carbons (Fsp3) is 0.615. The normalized spacial score (nSPS) is 42.3. The van der Waals surface area contributed by atoms with E-state index in [2.05, 4.69) is 6.58 Å². The third kappa shape index (κ3) is 0.917. The van der Waals surface area contributed by atoms with Crippen molar-refractivity contribution in [3.05, 3.63) is 23.7 Å². The summed E-state index contributed by atoms with van der Waals surface area (Å²) in [5.41, 5.74) is -2.30. The monoisotopic (exact) mass is 252 g/mol. The van der Waals surface area contributed by atoms with Crippen molar-refractivity contribution < 1.29 is 24.1 Å². The van der Waals surface area contributed by atoms with Crippen molar-refractivity contribution in [3.63, 3.8) is 0 Å². The minimum absolute atomic E-state index is 0.0488. The summed E-state index contributed by atoms with van der Waals surface area (Å²) in [5.74, 6) is -0.206. The van der Waals surface area contributed by atoms with Crippen molar-refractivity contribution in [2.45, 2.75) is 24.0 Å². The molecule has 18 heavy (non-hydrogen) atoms. The molecule has 5 heteroatoms. The van der Waals surface area contributed by atoms with Crippen LogP contribution < -0.4 is 0 Å². The summed E-state index contributed by atoms with van der Waals surface area (Å²) in [4.78, 5) is 12.6. The highest BCUT2D eigenvalue weighted by molar-refractivity contribution is 6.07.